The largest absolute Gasteiger partial charge is 0.357 e. The molecule has 0 amide bonds. The van der Waals surface area contributed by atoms with Crippen molar-refractivity contribution in [3.05, 3.63) is 23.4 Å². The van der Waals surface area contributed by atoms with Gasteiger partial charge in [0, 0.05) is 17.7 Å². The number of Topliss-reactive ketones (excluding diaryl/α,β-unsaturated/α-hetero) is 1. The van der Waals surface area contributed by atoms with Gasteiger partial charge >= 0.3 is 0 Å². The summed E-state index contributed by atoms with van der Waals surface area (Å²) in [6.45, 7) is 4.27. The number of rotatable bonds is 1. The van der Waals surface area contributed by atoms with E-state index in [2.05, 4.69) is 46.9 Å². The Hall–Kier alpha value is -2.11. The third-order valence-corrected chi connectivity index (χ3v) is 5.06. The van der Waals surface area contributed by atoms with Crippen molar-refractivity contribution in [2.75, 3.05) is 10.6 Å². The van der Waals surface area contributed by atoms with Crippen molar-refractivity contribution in [2.24, 2.45) is 11.3 Å². The first-order valence-corrected chi connectivity index (χ1v) is 8.31. The van der Waals surface area contributed by atoms with Crippen LogP contribution in [0.1, 0.15) is 46.0 Å². The average Bonchev–Trinajstić information content (AvgIpc) is 2.86. The number of aromatic nitrogens is 2. The van der Waals surface area contributed by atoms with Crippen molar-refractivity contribution in [1.82, 2.24) is 10.3 Å². The van der Waals surface area contributed by atoms with Gasteiger partial charge in [0.25, 0.3) is 0 Å². The molecule has 122 valence electrons. The summed E-state index contributed by atoms with van der Waals surface area (Å²) in [6.07, 6.45) is 8.96. The van der Waals surface area contributed by atoms with Crippen molar-refractivity contribution in [3.63, 3.8) is 0 Å². The highest BCUT2D eigenvalue weighted by Crippen LogP contribution is 2.43. The number of nitrogens with one attached hydrogen (secondary N) is 2. The number of fused-ring (bicyclic) bond motifs is 1. The van der Waals surface area contributed by atoms with Crippen LogP contribution in [0.2, 0.25) is 0 Å². The van der Waals surface area contributed by atoms with Gasteiger partial charge in [-0.2, -0.15) is 0 Å². The SMILES string of the molecule is CC1(C)CC(=O)C2=C(C1)Nc1nonc1N[C@@H]2[C@@H]1CC=CCC1. The Labute approximate surface area is 135 Å². The summed E-state index contributed by atoms with van der Waals surface area (Å²) in [4.78, 5) is 12.9. The fraction of sp³-hybridized carbons (Fsp3) is 0.588. The molecule has 6 nitrogen and oxygen atoms in total. The lowest BCUT2D eigenvalue weighted by Crippen LogP contribution is -2.39. The first-order chi connectivity index (χ1) is 11.0. The first kappa shape index (κ1) is 14.5. The summed E-state index contributed by atoms with van der Waals surface area (Å²) in [6, 6.07) is -0.0285. The maximum atomic E-state index is 12.9. The summed E-state index contributed by atoms with van der Waals surface area (Å²) in [5.74, 6) is 1.80. The summed E-state index contributed by atoms with van der Waals surface area (Å²) in [5, 5.41) is 14.6. The van der Waals surface area contributed by atoms with Crippen LogP contribution in [0.5, 0.6) is 0 Å². The first-order valence-electron chi connectivity index (χ1n) is 8.31. The van der Waals surface area contributed by atoms with Gasteiger partial charge < -0.3 is 10.6 Å². The molecule has 2 heterocycles. The standard InChI is InChI=1S/C17H22N4O2/c1-17(2)8-11-13(12(22)9-17)14(10-6-4-3-5-7-10)19-16-15(18-11)20-23-21-16/h3-4,10,14H,5-9H2,1-2H3,(H,18,20)(H,19,21)/t10-,14-/m1/s1. The van der Waals surface area contributed by atoms with Crippen molar-refractivity contribution < 1.29 is 9.42 Å². The number of allylic oxidation sites excluding steroid dienone is 3. The fourth-order valence-corrected chi connectivity index (χ4v) is 4.01. The molecule has 6 heteroatoms. The highest BCUT2D eigenvalue weighted by molar-refractivity contribution is 6.00. The van der Waals surface area contributed by atoms with E-state index in [1.54, 1.807) is 0 Å². The maximum Gasteiger partial charge on any atom is 0.219 e. The van der Waals surface area contributed by atoms with Gasteiger partial charge in [-0.05, 0) is 47.3 Å². The second kappa shape index (κ2) is 5.22. The lowest BCUT2D eigenvalue weighted by atomic mass is 9.71. The van der Waals surface area contributed by atoms with Gasteiger partial charge in [-0.15, -0.1) is 0 Å². The van der Waals surface area contributed by atoms with Gasteiger partial charge in [0.15, 0.2) is 5.78 Å². The molecule has 2 N–H and O–H groups in total. The number of hydrogen-bond donors (Lipinski definition) is 2. The third kappa shape index (κ3) is 2.56. The summed E-state index contributed by atoms with van der Waals surface area (Å²) < 4.78 is 4.87. The molecular weight excluding hydrogens is 292 g/mol. The number of carbonyl (C=O) groups is 1. The Bertz CT molecular complexity index is 701. The Morgan fingerprint density at radius 2 is 2.04 bits per heavy atom. The van der Waals surface area contributed by atoms with Crippen molar-refractivity contribution >= 4 is 17.4 Å². The third-order valence-electron chi connectivity index (χ3n) is 5.06. The normalized spacial score (nSPS) is 29.2. The predicted molar refractivity (Wildman–Crippen MR) is 86.9 cm³/mol. The van der Waals surface area contributed by atoms with E-state index in [0.717, 1.165) is 37.0 Å². The zero-order valence-corrected chi connectivity index (χ0v) is 13.6. The highest BCUT2D eigenvalue weighted by atomic mass is 16.6. The average molecular weight is 314 g/mol. The second-order valence-corrected chi connectivity index (χ2v) is 7.59. The molecule has 0 spiro atoms. The summed E-state index contributed by atoms with van der Waals surface area (Å²) in [7, 11) is 0. The lowest BCUT2D eigenvalue weighted by Gasteiger charge is -2.36. The molecule has 2 aliphatic carbocycles. The van der Waals surface area contributed by atoms with Crippen LogP contribution in [0.25, 0.3) is 0 Å². The van der Waals surface area contributed by atoms with E-state index in [4.69, 9.17) is 4.63 Å². The smallest absolute Gasteiger partial charge is 0.219 e. The quantitative estimate of drug-likeness (QED) is 0.774. The zero-order valence-electron chi connectivity index (χ0n) is 13.6. The molecule has 0 bridgehead atoms. The molecule has 1 aliphatic heterocycles. The molecule has 1 aromatic heterocycles. The molecule has 0 saturated heterocycles. The minimum atomic E-state index is -0.0401. The molecule has 23 heavy (non-hydrogen) atoms. The van der Waals surface area contributed by atoms with Crippen molar-refractivity contribution in [2.45, 2.75) is 52.0 Å². The molecular formula is C17H22N4O2. The molecule has 1 aromatic rings. The summed E-state index contributed by atoms with van der Waals surface area (Å²) >= 11 is 0. The Morgan fingerprint density at radius 3 is 2.83 bits per heavy atom. The van der Waals surface area contributed by atoms with Crippen LogP contribution in [0, 0.1) is 11.3 Å². The Morgan fingerprint density at radius 1 is 1.22 bits per heavy atom. The van der Waals surface area contributed by atoms with Crippen molar-refractivity contribution in [1.29, 1.82) is 0 Å². The maximum absolute atomic E-state index is 12.9. The zero-order chi connectivity index (χ0) is 16.0. The molecule has 0 fully saturated rings. The number of ketones is 1. The van der Waals surface area contributed by atoms with Crippen LogP contribution in [-0.2, 0) is 4.79 Å². The van der Waals surface area contributed by atoms with Crippen LogP contribution < -0.4 is 10.6 Å². The van der Waals surface area contributed by atoms with Gasteiger partial charge in [0.1, 0.15) is 0 Å². The Kier molecular flexibility index (Phi) is 3.28. The molecule has 4 rings (SSSR count). The van der Waals surface area contributed by atoms with E-state index in [9.17, 15) is 4.79 Å². The van der Waals surface area contributed by atoms with E-state index in [-0.39, 0.29) is 17.2 Å². The molecule has 0 unspecified atom stereocenters. The molecule has 3 aliphatic rings. The van der Waals surface area contributed by atoms with Gasteiger partial charge in [0.2, 0.25) is 11.6 Å². The van der Waals surface area contributed by atoms with Crippen LogP contribution in [0.4, 0.5) is 11.6 Å². The van der Waals surface area contributed by atoms with Crippen molar-refractivity contribution in [3.8, 4) is 0 Å². The number of hydrogen-bond acceptors (Lipinski definition) is 6. The Balaban J connectivity index is 1.79. The van der Waals surface area contributed by atoms with E-state index < -0.39 is 0 Å². The molecule has 0 radical (unpaired) electrons. The molecule has 2 atom stereocenters. The molecule has 0 saturated carbocycles. The van der Waals surface area contributed by atoms with E-state index in [1.807, 2.05) is 0 Å². The fourth-order valence-electron chi connectivity index (χ4n) is 4.01. The topological polar surface area (TPSA) is 80.1 Å². The summed E-state index contributed by atoms with van der Waals surface area (Å²) in [5.41, 5.74) is 1.83. The minimum Gasteiger partial charge on any atom is -0.357 e. The van der Waals surface area contributed by atoms with Crippen LogP contribution in [0.15, 0.2) is 28.1 Å². The number of nitrogens with zero attached hydrogens (tertiary/aromatic N) is 2. The highest BCUT2D eigenvalue weighted by Gasteiger charge is 2.41. The molecule has 0 aromatic carbocycles. The minimum absolute atomic E-state index is 0.0285. The van der Waals surface area contributed by atoms with Crippen LogP contribution in [0.3, 0.4) is 0 Å². The van der Waals surface area contributed by atoms with E-state index in [0.29, 0.717) is 24.0 Å². The van der Waals surface area contributed by atoms with Gasteiger partial charge in [-0.1, -0.05) is 26.0 Å². The second-order valence-electron chi connectivity index (χ2n) is 7.59. The van der Waals surface area contributed by atoms with Gasteiger partial charge in [-0.25, -0.2) is 4.63 Å². The monoisotopic (exact) mass is 314 g/mol. The predicted octanol–water partition coefficient (Wildman–Crippen LogP) is 3.28. The van der Waals surface area contributed by atoms with E-state index in [1.165, 1.54) is 0 Å². The lowest BCUT2D eigenvalue weighted by molar-refractivity contribution is -0.118. The van der Waals surface area contributed by atoms with Gasteiger partial charge in [-0.3, -0.25) is 4.79 Å². The van der Waals surface area contributed by atoms with E-state index >= 15 is 0 Å². The van der Waals surface area contributed by atoms with Crippen LogP contribution >= 0.6 is 0 Å². The number of carbonyl (C=O) groups excluding carboxylic acids is 1. The van der Waals surface area contributed by atoms with Crippen LogP contribution in [-0.4, -0.2) is 22.1 Å². The van der Waals surface area contributed by atoms with Gasteiger partial charge in [0.05, 0.1) is 6.04 Å². The number of anilines is 2.